The van der Waals surface area contributed by atoms with Crippen LogP contribution in [-0.4, -0.2) is 16.7 Å². The minimum absolute atomic E-state index is 0.00833. The lowest BCUT2D eigenvalue weighted by atomic mass is 10.0. The highest BCUT2D eigenvalue weighted by Crippen LogP contribution is 2.40. The molecule has 1 heterocycles. The number of nitrogens with zero attached hydrogens (tertiary/aromatic N) is 2. The topological polar surface area (TPSA) is 53.1 Å². The van der Waals surface area contributed by atoms with Gasteiger partial charge in [0.2, 0.25) is 0 Å². The zero-order chi connectivity index (χ0) is 14.3. The third-order valence-corrected chi connectivity index (χ3v) is 3.89. The molecular weight excluding hydrogens is 250 g/mol. The molecule has 0 saturated heterocycles. The predicted molar refractivity (Wildman–Crippen MR) is 80.9 cm³/mol. The van der Waals surface area contributed by atoms with Crippen LogP contribution in [0.3, 0.4) is 0 Å². The molecule has 1 fully saturated rings. The van der Waals surface area contributed by atoms with Crippen LogP contribution >= 0.6 is 0 Å². The SMILES string of the molecule is COc1ccc2c(c1)nc(C(N)CC(C)C)n2C1CC1. The highest BCUT2D eigenvalue weighted by molar-refractivity contribution is 5.78. The van der Waals surface area contributed by atoms with Gasteiger partial charge in [0, 0.05) is 12.1 Å². The maximum absolute atomic E-state index is 6.38. The van der Waals surface area contributed by atoms with Gasteiger partial charge in [-0.05, 0) is 37.3 Å². The first kappa shape index (κ1) is 13.4. The zero-order valence-electron chi connectivity index (χ0n) is 12.5. The fraction of sp³-hybridized carbons (Fsp3) is 0.562. The van der Waals surface area contributed by atoms with Crippen molar-refractivity contribution in [2.45, 2.75) is 45.2 Å². The number of hydrogen-bond acceptors (Lipinski definition) is 3. The van der Waals surface area contributed by atoms with E-state index in [4.69, 9.17) is 15.5 Å². The van der Waals surface area contributed by atoms with Gasteiger partial charge >= 0.3 is 0 Å². The Morgan fingerprint density at radius 3 is 2.75 bits per heavy atom. The van der Waals surface area contributed by atoms with Gasteiger partial charge in [0.25, 0.3) is 0 Å². The van der Waals surface area contributed by atoms with Crippen molar-refractivity contribution >= 4 is 11.0 Å². The largest absolute Gasteiger partial charge is 0.497 e. The van der Waals surface area contributed by atoms with Crippen LogP contribution < -0.4 is 10.5 Å². The number of benzene rings is 1. The molecule has 3 rings (SSSR count). The summed E-state index contributed by atoms with van der Waals surface area (Å²) in [6, 6.07) is 6.70. The Kier molecular flexibility index (Phi) is 3.42. The van der Waals surface area contributed by atoms with Crippen LogP contribution in [0.25, 0.3) is 11.0 Å². The van der Waals surface area contributed by atoms with Gasteiger partial charge in [-0.15, -0.1) is 0 Å². The molecule has 0 amide bonds. The number of fused-ring (bicyclic) bond motifs is 1. The van der Waals surface area contributed by atoms with Crippen molar-refractivity contribution in [2.24, 2.45) is 11.7 Å². The smallest absolute Gasteiger partial charge is 0.127 e. The average Bonchev–Trinajstić information content (AvgIpc) is 3.17. The van der Waals surface area contributed by atoms with E-state index in [2.05, 4.69) is 24.5 Å². The summed E-state index contributed by atoms with van der Waals surface area (Å²) in [5.74, 6) is 2.46. The summed E-state index contributed by atoms with van der Waals surface area (Å²) in [5.41, 5.74) is 8.56. The van der Waals surface area contributed by atoms with Gasteiger partial charge in [-0.2, -0.15) is 0 Å². The third-order valence-electron chi connectivity index (χ3n) is 3.89. The summed E-state index contributed by atoms with van der Waals surface area (Å²) in [4.78, 5) is 4.79. The number of nitrogens with two attached hydrogens (primary N) is 1. The van der Waals surface area contributed by atoms with Crippen LogP contribution in [0, 0.1) is 5.92 Å². The van der Waals surface area contributed by atoms with E-state index in [-0.39, 0.29) is 6.04 Å². The van der Waals surface area contributed by atoms with Crippen molar-refractivity contribution in [1.29, 1.82) is 0 Å². The second kappa shape index (κ2) is 5.09. The molecule has 108 valence electrons. The number of imidazole rings is 1. The molecule has 1 unspecified atom stereocenters. The molecule has 20 heavy (non-hydrogen) atoms. The van der Waals surface area contributed by atoms with E-state index in [9.17, 15) is 0 Å². The number of ether oxygens (including phenoxy) is 1. The van der Waals surface area contributed by atoms with Crippen molar-refractivity contribution in [3.63, 3.8) is 0 Å². The van der Waals surface area contributed by atoms with Crippen LogP contribution in [0.5, 0.6) is 5.75 Å². The fourth-order valence-electron chi connectivity index (χ4n) is 2.82. The molecule has 1 aliphatic rings. The lowest BCUT2D eigenvalue weighted by Crippen LogP contribution is -2.18. The highest BCUT2D eigenvalue weighted by Gasteiger charge is 2.30. The third kappa shape index (κ3) is 2.40. The second-order valence-corrected chi connectivity index (χ2v) is 6.16. The summed E-state index contributed by atoms with van der Waals surface area (Å²) < 4.78 is 7.64. The summed E-state index contributed by atoms with van der Waals surface area (Å²) >= 11 is 0. The molecule has 1 aliphatic carbocycles. The molecule has 0 radical (unpaired) electrons. The first-order chi connectivity index (χ1) is 9.60. The van der Waals surface area contributed by atoms with E-state index >= 15 is 0 Å². The quantitative estimate of drug-likeness (QED) is 0.908. The molecule has 0 aliphatic heterocycles. The maximum atomic E-state index is 6.38. The molecule has 4 nitrogen and oxygen atoms in total. The zero-order valence-corrected chi connectivity index (χ0v) is 12.5. The van der Waals surface area contributed by atoms with Gasteiger partial charge in [0.05, 0.1) is 24.2 Å². The normalized spacial score (nSPS) is 16.9. The van der Waals surface area contributed by atoms with E-state index in [1.165, 1.54) is 18.4 Å². The lowest BCUT2D eigenvalue weighted by molar-refractivity contribution is 0.415. The molecule has 1 aromatic heterocycles. The van der Waals surface area contributed by atoms with Crippen molar-refractivity contribution in [3.05, 3.63) is 24.0 Å². The molecule has 1 saturated carbocycles. The Balaban J connectivity index is 2.07. The maximum Gasteiger partial charge on any atom is 0.127 e. The van der Waals surface area contributed by atoms with Gasteiger partial charge in [0.15, 0.2) is 0 Å². The van der Waals surface area contributed by atoms with Gasteiger partial charge < -0.3 is 15.0 Å². The van der Waals surface area contributed by atoms with Crippen LogP contribution in [0.2, 0.25) is 0 Å². The fourth-order valence-corrected chi connectivity index (χ4v) is 2.82. The number of aromatic nitrogens is 2. The van der Waals surface area contributed by atoms with Gasteiger partial charge in [0.1, 0.15) is 11.6 Å². The van der Waals surface area contributed by atoms with E-state index in [1.54, 1.807) is 7.11 Å². The Hall–Kier alpha value is -1.55. The summed E-state index contributed by atoms with van der Waals surface area (Å²) in [5, 5.41) is 0. The first-order valence-corrected chi connectivity index (χ1v) is 7.41. The van der Waals surface area contributed by atoms with Crippen LogP contribution in [-0.2, 0) is 0 Å². The van der Waals surface area contributed by atoms with Gasteiger partial charge in [-0.25, -0.2) is 4.98 Å². The van der Waals surface area contributed by atoms with E-state index in [0.717, 1.165) is 23.5 Å². The Bertz CT molecular complexity index is 613. The minimum atomic E-state index is 0.00833. The molecule has 0 bridgehead atoms. The molecule has 4 heteroatoms. The van der Waals surface area contributed by atoms with E-state index < -0.39 is 0 Å². The van der Waals surface area contributed by atoms with Crippen molar-refractivity contribution in [3.8, 4) is 5.75 Å². The van der Waals surface area contributed by atoms with Crippen molar-refractivity contribution in [2.75, 3.05) is 7.11 Å². The standard InChI is InChI=1S/C16H23N3O/c1-10(2)8-13(17)16-18-14-9-12(20-3)6-7-15(14)19(16)11-4-5-11/h6-7,9-11,13H,4-5,8,17H2,1-3H3. The predicted octanol–water partition coefficient (Wildman–Crippen LogP) is 3.43. The number of rotatable bonds is 5. The van der Waals surface area contributed by atoms with Gasteiger partial charge in [-0.3, -0.25) is 0 Å². The Morgan fingerprint density at radius 2 is 2.15 bits per heavy atom. The van der Waals surface area contributed by atoms with E-state index in [0.29, 0.717) is 12.0 Å². The monoisotopic (exact) mass is 273 g/mol. The summed E-state index contributed by atoms with van der Waals surface area (Å²) in [6.07, 6.45) is 3.44. The second-order valence-electron chi connectivity index (χ2n) is 6.16. The van der Waals surface area contributed by atoms with E-state index in [1.807, 2.05) is 12.1 Å². The molecule has 1 atom stereocenters. The molecule has 1 aromatic carbocycles. The Morgan fingerprint density at radius 1 is 1.40 bits per heavy atom. The van der Waals surface area contributed by atoms with Gasteiger partial charge in [-0.1, -0.05) is 13.8 Å². The Labute approximate surface area is 119 Å². The molecular formula is C16H23N3O. The minimum Gasteiger partial charge on any atom is -0.497 e. The van der Waals surface area contributed by atoms with Crippen molar-refractivity contribution in [1.82, 2.24) is 9.55 Å². The van der Waals surface area contributed by atoms with Crippen LogP contribution in [0.15, 0.2) is 18.2 Å². The molecule has 0 spiro atoms. The molecule has 2 aromatic rings. The van der Waals surface area contributed by atoms with Crippen LogP contribution in [0.1, 0.15) is 51.0 Å². The first-order valence-electron chi connectivity index (χ1n) is 7.41. The number of hydrogen-bond donors (Lipinski definition) is 1. The lowest BCUT2D eigenvalue weighted by Gasteiger charge is -2.16. The summed E-state index contributed by atoms with van der Waals surface area (Å²) in [7, 11) is 1.68. The van der Waals surface area contributed by atoms with Crippen LogP contribution in [0.4, 0.5) is 0 Å². The summed E-state index contributed by atoms with van der Waals surface area (Å²) in [6.45, 7) is 4.40. The highest BCUT2D eigenvalue weighted by atomic mass is 16.5. The van der Waals surface area contributed by atoms with Crippen molar-refractivity contribution < 1.29 is 4.74 Å². The average molecular weight is 273 g/mol. The molecule has 2 N–H and O–H groups in total. The number of methoxy groups -OCH3 is 1.